The van der Waals surface area contributed by atoms with Crippen LogP contribution in [-0.2, 0) is 11.3 Å². The molecular weight excluding hydrogens is 325 g/mol. The van der Waals surface area contributed by atoms with Crippen molar-refractivity contribution in [3.8, 4) is 11.1 Å². The Balaban J connectivity index is 2.07. The third-order valence-corrected chi connectivity index (χ3v) is 4.53. The number of carboxylic acids is 1. The number of carboxylic acid groups (broad SMARTS) is 1. The van der Waals surface area contributed by atoms with E-state index >= 15 is 0 Å². The summed E-state index contributed by atoms with van der Waals surface area (Å²) in [6, 6.07) is 4.56. The van der Waals surface area contributed by atoms with Crippen LogP contribution in [0.1, 0.15) is 28.8 Å². The van der Waals surface area contributed by atoms with E-state index in [4.69, 9.17) is 4.74 Å². The van der Waals surface area contributed by atoms with Crippen LogP contribution in [0.15, 0.2) is 35.4 Å². The highest BCUT2D eigenvalue weighted by atomic mass is 19.1. The van der Waals surface area contributed by atoms with Gasteiger partial charge in [0, 0.05) is 43.3 Å². The van der Waals surface area contributed by atoms with E-state index in [0.29, 0.717) is 25.7 Å². The molecule has 1 N–H and O–H groups in total. The molecule has 132 valence electrons. The fourth-order valence-electron chi connectivity index (χ4n) is 3.15. The third kappa shape index (κ3) is 3.79. The van der Waals surface area contributed by atoms with Gasteiger partial charge in [0.05, 0.1) is 0 Å². The Morgan fingerprint density at radius 3 is 2.64 bits per heavy atom. The molecule has 0 radical (unpaired) electrons. The van der Waals surface area contributed by atoms with Crippen molar-refractivity contribution < 1.29 is 19.0 Å². The number of nitrogens with zero attached hydrogens (tertiary/aromatic N) is 1. The maximum absolute atomic E-state index is 14.3. The molecule has 5 nitrogen and oxygen atoms in total. The Hall–Kier alpha value is -2.47. The van der Waals surface area contributed by atoms with Crippen molar-refractivity contribution in [1.82, 2.24) is 4.57 Å². The Bertz CT molecular complexity index is 853. The standard InChI is InChI=1S/C19H20FNO4/c1-12-2-3-14(17(20)8-12)15-10-21(9-13-4-6-25-7-5-13)11-16(18(15)22)19(23)24/h2-3,8,10-11,13H,4-7,9H2,1H3,(H,23,24). The zero-order chi connectivity index (χ0) is 18.0. The van der Waals surface area contributed by atoms with Gasteiger partial charge in [-0.25, -0.2) is 9.18 Å². The molecule has 1 aliphatic rings. The zero-order valence-electron chi connectivity index (χ0n) is 14.0. The maximum atomic E-state index is 14.3. The first kappa shape index (κ1) is 17.4. The molecule has 0 spiro atoms. The van der Waals surface area contributed by atoms with Crippen LogP contribution < -0.4 is 5.43 Å². The monoisotopic (exact) mass is 345 g/mol. The number of aryl methyl sites for hydroxylation is 1. The number of hydrogen-bond donors (Lipinski definition) is 1. The maximum Gasteiger partial charge on any atom is 0.341 e. The predicted octanol–water partition coefficient (Wildman–Crippen LogP) is 3.09. The molecule has 0 amide bonds. The highest BCUT2D eigenvalue weighted by Crippen LogP contribution is 2.23. The summed E-state index contributed by atoms with van der Waals surface area (Å²) in [7, 11) is 0. The fourth-order valence-corrected chi connectivity index (χ4v) is 3.15. The van der Waals surface area contributed by atoms with Crippen molar-refractivity contribution in [1.29, 1.82) is 0 Å². The molecule has 25 heavy (non-hydrogen) atoms. The highest BCUT2D eigenvalue weighted by Gasteiger charge is 2.20. The Labute approximate surface area is 144 Å². The molecule has 0 unspecified atom stereocenters. The van der Waals surface area contributed by atoms with Gasteiger partial charge in [-0.3, -0.25) is 4.79 Å². The molecule has 6 heteroatoms. The molecule has 1 fully saturated rings. The van der Waals surface area contributed by atoms with Gasteiger partial charge in [-0.1, -0.05) is 12.1 Å². The Morgan fingerprint density at radius 2 is 2.00 bits per heavy atom. The molecule has 1 aromatic carbocycles. The summed E-state index contributed by atoms with van der Waals surface area (Å²) in [4.78, 5) is 24.0. The summed E-state index contributed by atoms with van der Waals surface area (Å²) >= 11 is 0. The van der Waals surface area contributed by atoms with Gasteiger partial charge in [-0.05, 0) is 37.3 Å². The van der Waals surface area contributed by atoms with E-state index in [0.717, 1.165) is 18.4 Å². The first-order chi connectivity index (χ1) is 12.0. The lowest BCUT2D eigenvalue weighted by atomic mass is 9.99. The van der Waals surface area contributed by atoms with Gasteiger partial charge in [0.15, 0.2) is 0 Å². The number of hydrogen-bond acceptors (Lipinski definition) is 3. The van der Waals surface area contributed by atoms with Gasteiger partial charge in [0.2, 0.25) is 5.43 Å². The second-order valence-electron chi connectivity index (χ2n) is 6.46. The molecule has 0 atom stereocenters. The van der Waals surface area contributed by atoms with Crippen LogP contribution in [0.2, 0.25) is 0 Å². The van der Waals surface area contributed by atoms with E-state index in [-0.39, 0.29) is 16.7 Å². The lowest BCUT2D eigenvalue weighted by Gasteiger charge is -2.23. The van der Waals surface area contributed by atoms with Crippen molar-refractivity contribution in [3.63, 3.8) is 0 Å². The van der Waals surface area contributed by atoms with Crippen LogP contribution in [0.4, 0.5) is 4.39 Å². The van der Waals surface area contributed by atoms with E-state index < -0.39 is 17.2 Å². The summed E-state index contributed by atoms with van der Waals surface area (Å²) in [5.41, 5.74) is -0.0786. The van der Waals surface area contributed by atoms with Crippen LogP contribution in [-0.4, -0.2) is 28.9 Å². The number of benzene rings is 1. The highest BCUT2D eigenvalue weighted by molar-refractivity contribution is 5.88. The lowest BCUT2D eigenvalue weighted by Crippen LogP contribution is -2.24. The van der Waals surface area contributed by atoms with Crippen LogP contribution in [0, 0.1) is 18.7 Å². The number of pyridine rings is 1. The second-order valence-corrected chi connectivity index (χ2v) is 6.46. The Morgan fingerprint density at radius 1 is 1.28 bits per heavy atom. The number of aromatic carboxylic acids is 1. The van der Waals surface area contributed by atoms with Gasteiger partial charge in [0.25, 0.3) is 0 Å². The normalized spacial score (nSPS) is 15.3. The van der Waals surface area contributed by atoms with Crippen LogP contribution in [0.5, 0.6) is 0 Å². The molecule has 0 saturated carbocycles. The van der Waals surface area contributed by atoms with Crippen molar-refractivity contribution >= 4 is 5.97 Å². The predicted molar refractivity (Wildman–Crippen MR) is 91.3 cm³/mol. The molecule has 2 heterocycles. The van der Waals surface area contributed by atoms with Gasteiger partial charge in [-0.15, -0.1) is 0 Å². The number of aromatic nitrogens is 1. The number of carbonyl (C=O) groups is 1. The molecule has 0 aliphatic carbocycles. The smallest absolute Gasteiger partial charge is 0.341 e. The number of rotatable bonds is 4. The first-order valence-corrected chi connectivity index (χ1v) is 8.27. The quantitative estimate of drug-likeness (QED) is 0.925. The molecule has 1 aromatic heterocycles. The minimum absolute atomic E-state index is 0.0736. The van der Waals surface area contributed by atoms with Crippen molar-refractivity contribution in [2.24, 2.45) is 5.92 Å². The van der Waals surface area contributed by atoms with Crippen LogP contribution in [0.3, 0.4) is 0 Å². The Kier molecular flexibility index (Phi) is 4.99. The molecule has 0 bridgehead atoms. The molecule has 3 rings (SSSR count). The summed E-state index contributed by atoms with van der Waals surface area (Å²) in [6.07, 6.45) is 4.65. The van der Waals surface area contributed by atoms with Crippen molar-refractivity contribution in [2.45, 2.75) is 26.3 Å². The minimum atomic E-state index is -1.31. The summed E-state index contributed by atoms with van der Waals surface area (Å²) in [6.45, 7) is 3.68. The second kappa shape index (κ2) is 7.19. The van der Waals surface area contributed by atoms with E-state index in [1.54, 1.807) is 23.8 Å². The van der Waals surface area contributed by atoms with Gasteiger partial charge in [0.1, 0.15) is 11.4 Å². The number of ether oxygens (including phenoxy) is 1. The van der Waals surface area contributed by atoms with Crippen molar-refractivity contribution in [2.75, 3.05) is 13.2 Å². The van der Waals surface area contributed by atoms with E-state index in [9.17, 15) is 19.1 Å². The van der Waals surface area contributed by atoms with E-state index in [1.165, 1.54) is 18.3 Å². The zero-order valence-corrected chi connectivity index (χ0v) is 14.0. The van der Waals surface area contributed by atoms with Crippen LogP contribution >= 0.6 is 0 Å². The fraction of sp³-hybridized carbons (Fsp3) is 0.368. The number of halogens is 1. The SMILES string of the molecule is Cc1ccc(-c2cn(CC3CCOCC3)cc(C(=O)O)c2=O)c(F)c1. The van der Waals surface area contributed by atoms with Gasteiger partial charge >= 0.3 is 5.97 Å². The van der Waals surface area contributed by atoms with E-state index in [1.807, 2.05) is 0 Å². The minimum Gasteiger partial charge on any atom is -0.477 e. The summed E-state index contributed by atoms with van der Waals surface area (Å²) < 4.78 is 21.4. The van der Waals surface area contributed by atoms with Gasteiger partial charge in [-0.2, -0.15) is 0 Å². The van der Waals surface area contributed by atoms with Crippen molar-refractivity contribution in [3.05, 3.63) is 57.8 Å². The third-order valence-electron chi connectivity index (χ3n) is 4.53. The molecular formula is C19H20FNO4. The topological polar surface area (TPSA) is 68.5 Å². The van der Waals surface area contributed by atoms with E-state index in [2.05, 4.69) is 0 Å². The van der Waals surface area contributed by atoms with Crippen LogP contribution in [0.25, 0.3) is 11.1 Å². The lowest BCUT2D eigenvalue weighted by molar-refractivity contribution is 0.0609. The molecule has 2 aromatic rings. The molecule has 1 saturated heterocycles. The molecule has 1 aliphatic heterocycles. The summed E-state index contributed by atoms with van der Waals surface area (Å²) in [5.74, 6) is -1.49. The average Bonchev–Trinajstić information content (AvgIpc) is 2.57. The first-order valence-electron chi connectivity index (χ1n) is 8.27. The average molecular weight is 345 g/mol. The van der Waals surface area contributed by atoms with Gasteiger partial charge < -0.3 is 14.4 Å². The largest absolute Gasteiger partial charge is 0.477 e. The summed E-state index contributed by atoms with van der Waals surface area (Å²) in [5, 5.41) is 9.35.